The second kappa shape index (κ2) is 7.00. The van der Waals surface area contributed by atoms with Crippen molar-refractivity contribution in [2.75, 3.05) is 32.4 Å². The summed E-state index contributed by atoms with van der Waals surface area (Å²) < 4.78 is 24.5. The van der Waals surface area contributed by atoms with Gasteiger partial charge in [0.1, 0.15) is 0 Å². The van der Waals surface area contributed by atoms with Crippen LogP contribution in [0.25, 0.3) is 0 Å². The van der Waals surface area contributed by atoms with Gasteiger partial charge in [0.25, 0.3) is 0 Å². The first-order valence-electron chi connectivity index (χ1n) is 6.09. The van der Waals surface area contributed by atoms with Crippen LogP contribution in [-0.4, -0.2) is 45.2 Å². The van der Waals surface area contributed by atoms with Gasteiger partial charge in [-0.25, -0.2) is 12.7 Å². The molecule has 1 atom stereocenters. The highest BCUT2D eigenvalue weighted by Crippen LogP contribution is 2.17. The minimum absolute atomic E-state index is 0.438. The standard InChI is InChI=1S/C12H22N2O2S/c1-3-4-5-8-13-10-12-7-6-9-14(11-12)17(2,15)16/h12-13H,5-11H2,1-2H3. The van der Waals surface area contributed by atoms with Crippen molar-refractivity contribution in [3.05, 3.63) is 0 Å². The van der Waals surface area contributed by atoms with Crippen molar-refractivity contribution in [2.45, 2.75) is 26.2 Å². The minimum Gasteiger partial charge on any atom is -0.315 e. The van der Waals surface area contributed by atoms with E-state index in [0.717, 1.165) is 32.4 Å². The van der Waals surface area contributed by atoms with Gasteiger partial charge in [-0.05, 0) is 32.2 Å². The first kappa shape index (κ1) is 14.5. The number of piperidine rings is 1. The number of hydrogen-bond donors (Lipinski definition) is 1. The summed E-state index contributed by atoms with van der Waals surface area (Å²) in [4.78, 5) is 0. The Morgan fingerprint density at radius 3 is 2.88 bits per heavy atom. The Kier molecular flexibility index (Phi) is 5.96. The van der Waals surface area contributed by atoms with Crippen molar-refractivity contribution in [1.29, 1.82) is 0 Å². The zero-order valence-electron chi connectivity index (χ0n) is 10.7. The molecule has 0 spiro atoms. The molecule has 0 bridgehead atoms. The van der Waals surface area contributed by atoms with Crippen LogP contribution in [0.1, 0.15) is 26.2 Å². The molecule has 1 aliphatic rings. The predicted octanol–water partition coefficient (Wildman–Crippen LogP) is 0.661. The molecule has 4 nitrogen and oxygen atoms in total. The third kappa shape index (κ3) is 5.53. The Bertz CT molecular complexity index is 381. The summed E-state index contributed by atoms with van der Waals surface area (Å²) in [7, 11) is -3.01. The van der Waals surface area contributed by atoms with Crippen molar-refractivity contribution in [3.63, 3.8) is 0 Å². The van der Waals surface area contributed by atoms with Gasteiger partial charge < -0.3 is 5.32 Å². The van der Waals surface area contributed by atoms with Gasteiger partial charge in [-0.15, -0.1) is 11.8 Å². The summed E-state index contributed by atoms with van der Waals surface area (Å²) >= 11 is 0. The van der Waals surface area contributed by atoms with Crippen molar-refractivity contribution in [2.24, 2.45) is 5.92 Å². The number of sulfonamides is 1. The molecule has 0 aromatic rings. The summed E-state index contributed by atoms with van der Waals surface area (Å²) in [5.41, 5.74) is 0. The molecule has 5 heteroatoms. The summed E-state index contributed by atoms with van der Waals surface area (Å²) in [5.74, 6) is 6.29. The zero-order valence-corrected chi connectivity index (χ0v) is 11.5. The molecule has 1 fully saturated rings. The van der Waals surface area contributed by atoms with Gasteiger partial charge in [0.15, 0.2) is 0 Å². The van der Waals surface area contributed by atoms with E-state index in [4.69, 9.17) is 0 Å². The molecule has 98 valence electrons. The molecule has 0 saturated carbocycles. The van der Waals surface area contributed by atoms with Crippen LogP contribution in [0.15, 0.2) is 0 Å². The van der Waals surface area contributed by atoms with Crippen LogP contribution < -0.4 is 5.32 Å². The average Bonchev–Trinajstić information content (AvgIpc) is 2.28. The second-order valence-corrected chi connectivity index (χ2v) is 6.49. The summed E-state index contributed by atoms with van der Waals surface area (Å²) in [5, 5.41) is 3.34. The van der Waals surface area contributed by atoms with E-state index in [0.29, 0.717) is 19.0 Å². The molecule has 1 unspecified atom stereocenters. The van der Waals surface area contributed by atoms with E-state index in [1.54, 1.807) is 4.31 Å². The Hall–Kier alpha value is -0.570. The normalized spacial score (nSPS) is 21.9. The molecule has 17 heavy (non-hydrogen) atoms. The quantitative estimate of drug-likeness (QED) is 0.582. The summed E-state index contributed by atoms with van der Waals surface area (Å²) in [6.45, 7) is 4.95. The van der Waals surface area contributed by atoms with E-state index in [1.807, 2.05) is 6.92 Å². The molecule has 1 heterocycles. The Morgan fingerprint density at radius 1 is 1.47 bits per heavy atom. The maximum atomic E-state index is 11.4. The average molecular weight is 258 g/mol. The third-order valence-electron chi connectivity index (χ3n) is 2.99. The van der Waals surface area contributed by atoms with E-state index in [1.165, 1.54) is 6.26 Å². The lowest BCUT2D eigenvalue weighted by Crippen LogP contribution is -2.42. The van der Waals surface area contributed by atoms with Gasteiger partial charge in [-0.1, -0.05) is 0 Å². The third-order valence-corrected chi connectivity index (χ3v) is 4.26. The van der Waals surface area contributed by atoms with Crippen molar-refractivity contribution in [3.8, 4) is 11.8 Å². The summed E-state index contributed by atoms with van der Waals surface area (Å²) in [6, 6.07) is 0. The highest BCUT2D eigenvalue weighted by molar-refractivity contribution is 7.88. The van der Waals surface area contributed by atoms with Crippen molar-refractivity contribution in [1.82, 2.24) is 9.62 Å². The van der Waals surface area contributed by atoms with Crippen LogP contribution in [0, 0.1) is 17.8 Å². The highest BCUT2D eigenvalue weighted by atomic mass is 32.2. The largest absolute Gasteiger partial charge is 0.315 e. The molecular weight excluding hydrogens is 236 g/mol. The molecular formula is C12H22N2O2S. The smallest absolute Gasteiger partial charge is 0.211 e. The van der Waals surface area contributed by atoms with Crippen molar-refractivity contribution < 1.29 is 8.42 Å². The molecule has 0 radical (unpaired) electrons. The van der Waals surface area contributed by atoms with Crippen LogP contribution in [-0.2, 0) is 10.0 Å². The fourth-order valence-corrected chi connectivity index (χ4v) is 3.02. The SMILES string of the molecule is CC#CCCNCC1CCCN(S(C)(=O)=O)C1. The molecule has 1 aliphatic heterocycles. The highest BCUT2D eigenvalue weighted by Gasteiger charge is 2.25. The molecule has 1 saturated heterocycles. The Morgan fingerprint density at radius 2 is 2.24 bits per heavy atom. The fourth-order valence-electron chi connectivity index (χ4n) is 2.08. The number of rotatable bonds is 5. The van der Waals surface area contributed by atoms with Crippen LogP contribution in [0.3, 0.4) is 0 Å². The van der Waals surface area contributed by atoms with Crippen LogP contribution in [0.5, 0.6) is 0 Å². The monoisotopic (exact) mass is 258 g/mol. The molecule has 0 amide bonds. The Labute approximate surface area is 105 Å². The fraction of sp³-hybridized carbons (Fsp3) is 0.833. The maximum Gasteiger partial charge on any atom is 0.211 e. The topological polar surface area (TPSA) is 49.4 Å². The van der Waals surface area contributed by atoms with E-state index >= 15 is 0 Å². The van der Waals surface area contributed by atoms with Gasteiger partial charge in [0.2, 0.25) is 10.0 Å². The molecule has 0 aromatic carbocycles. The van der Waals surface area contributed by atoms with Crippen LogP contribution in [0.4, 0.5) is 0 Å². The molecule has 1 rings (SSSR count). The van der Waals surface area contributed by atoms with E-state index in [-0.39, 0.29) is 0 Å². The first-order chi connectivity index (χ1) is 8.04. The predicted molar refractivity (Wildman–Crippen MR) is 70.1 cm³/mol. The number of hydrogen-bond acceptors (Lipinski definition) is 3. The first-order valence-corrected chi connectivity index (χ1v) is 7.94. The van der Waals surface area contributed by atoms with Gasteiger partial charge >= 0.3 is 0 Å². The van der Waals surface area contributed by atoms with Crippen LogP contribution in [0.2, 0.25) is 0 Å². The maximum absolute atomic E-state index is 11.4. The lowest BCUT2D eigenvalue weighted by molar-refractivity contribution is 0.262. The molecule has 0 aliphatic carbocycles. The van der Waals surface area contributed by atoms with Gasteiger partial charge in [-0.3, -0.25) is 0 Å². The number of nitrogens with one attached hydrogen (secondary N) is 1. The van der Waals surface area contributed by atoms with Gasteiger partial charge in [-0.2, -0.15) is 0 Å². The molecule has 1 N–H and O–H groups in total. The minimum atomic E-state index is -3.01. The van der Waals surface area contributed by atoms with Gasteiger partial charge in [0.05, 0.1) is 6.26 Å². The van der Waals surface area contributed by atoms with E-state index in [2.05, 4.69) is 17.2 Å². The van der Waals surface area contributed by atoms with E-state index < -0.39 is 10.0 Å². The van der Waals surface area contributed by atoms with Crippen LogP contribution >= 0.6 is 0 Å². The zero-order chi connectivity index (χ0) is 12.7. The van der Waals surface area contributed by atoms with Crippen molar-refractivity contribution >= 4 is 10.0 Å². The molecule has 0 aromatic heterocycles. The lowest BCUT2D eigenvalue weighted by Gasteiger charge is -2.31. The Balaban J connectivity index is 2.27. The number of nitrogens with zero attached hydrogens (tertiary/aromatic N) is 1. The lowest BCUT2D eigenvalue weighted by atomic mass is 10.00. The summed E-state index contributed by atoms with van der Waals surface area (Å²) in [6.07, 6.45) is 4.23. The van der Waals surface area contributed by atoms with Gasteiger partial charge in [0, 0.05) is 26.1 Å². The van der Waals surface area contributed by atoms with E-state index in [9.17, 15) is 8.42 Å². The second-order valence-electron chi connectivity index (χ2n) is 4.51.